The molecule has 0 N–H and O–H groups in total. The molecule has 0 unspecified atom stereocenters. The Kier molecular flexibility index (Phi) is 5.81. The van der Waals surface area contributed by atoms with E-state index in [2.05, 4.69) is 0 Å². The van der Waals surface area contributed by atoms with E-state index in [-0.39, 0.29) is 18.4 Å². The van der Waals surface area contributed by atoms with Crippen LogP contribution in [0.5, 0.6) is 5.75 Å². The normalized spacial score (nSPS) is 15.4. The predicted octanol–water partition coefficient (Wildman–Crippen LogP) is 1.84. The largest absolute Gasteiger partial charge is 0.484 e. The third-order valence-electron chi connectivity index (χ3n) is 3.95. The van der Waals surface area contributed by atoms with Gasteiger partial charge in [-0.2, -0.15) is 0 Å². The molecule has 22 heavy (non-hydrogen) atoms. The second kappa shape index (κ2) is 7.82. The summed E-state index contributed by atoms with van der Waals surface area (Å²) in [4.78, 5) is 27.7. The van der Waals surface area contributed by atoms with E-state index in [1.807, 2.05) is 43.0 Å². The quantitative estimate of drug-likeness (QED) is 0.853. The van der Waals surface area contributed by atoms with Gasteiger partial charge < -0.3 is 14.5 Å². The fourth-order valence-electron chi connectivity index (χ4n) is 2.59. The number of amides is 2. The molecule has 1 aliphatic rings. The summed E-state index contributed by atoms with van der Waals surface area (Å²) in [5.74, 6) is 0.882. The van der Waals surface area contributed by atoms with Crippen LogP contribution in [0.15, 0.2) is 24.3 Å². The highest BCUT2D eigenvalue weighted by molar-refractivity contribution is 5.78. The molecule has 120 valence electrons. The highest BCUT2D eigenvalue weighted by Gasteiger charge is 2.21. The van der Waals surface area contributed by atoms with E-state index in [4.69, 9.17) is 4.74 Å². The van der Waals surface area contributed by atoms with Gasteiger partial charge in [0.15, 0.2) is 6.61 Å². The Morgan fingerprint density at radius 3 is 2.32 bits per heavy atom. The third-order valence-corrected chi connectivity index (χ3v) is 3.95. The van der Waals surface area contributed by atoms with Crippen molar-refractivity contribution in [3.63, 3.8) is 0 Å². The third kappa shape index (κ3) is 4.23. The summed E-state index contributed by atoms with van der Waals surface area (Å²) in [6.07, 6.45) is 1.34. The first-order valence-electron chi connectivity index (χ1n) is 7.85. The highest BCUT2D eigenvalue weighted by atomic mass is 16.5. The molecule has 0 spiro atoms. The molecule has 0 bridgehead atoms. The van der Waals surface area contributed by atoms with Crippen molar-refractivity contribution in [3.05, 3.63) is 29.8 Å². The van der Waals surface area contributed by atoms with Crippen LogP contribution in [0.3, 0.4) is 0 Å². The van der Waals surface area contributed by atoms with E-state index >= 15 is 0 Å². The van der Waals surface area contributed by atoms with Crippen molar-refractivity contribution in [2.24, 2.45) is 0 Å². The summed E-state index contributed by atoms with van der Waals surface area (Å²) in [7, 11) is 0. The van der Waals surface area contributed by atoms with Gasteiger partial charge in [0, 0.05) is 32.6 Å². The maximum atomic E-state index is 12.3. The number of rotatable bonds is 4. The smallest absolute Gasteiger partial charge is 0.260 e. The van der Waals surface area contributed by atoms with Gasteiger partial charge in [0.2, 0.25) is 5.91 Å². The number of para-hydroxylation sites is 1. The van der Waals surface area contributed by atoms with Gasteiger partial charge in [-0.3, -0.25) is 9.59 Å². The number of ether oxygens (including phenoxy) is 1. The summed E-state index contributed by atoms with van der Waals surface area (Å²) < 4.78 is 5.62. The number of nitrogens with zero attached hydrogens (tertiary/aromatic N) is 2. The zero-order valence-electron chi connectivity index (χ0n) is 13.4. The van der Waals surface area contributed by atoms with Crippen LogP contribution in [0, 0.1) is 6.92 Å². The van der Waals surface area contributed by atoms with Gasteiger partial charge in [-0.05, 0) is 25.0 Å². The van der Waals surface area contributed by atoms with Gasteiger partial charge in [0.25, 0.3) is 5.91 Å². The summed E-state index contributed by atoms with van der Waals surface area (Å²) in [5.41, 5.74) is 1.02. The lowest BCUT2D eigenvalue weighted by Crippen LogP contribution is -2.39. The Hall–Kier alpha value is -2.04. The van der Waals surface area contributed by atoms with E-state index < -0.39 is 0 Å². The van der Waals surface area contributed by atoms with Crippen LogP contribution >= 0.6 is 0 Å². The molecule has 0 radical (unpaired) electrons. The first-order valence-corrected chi connectivity index (χ1v) is 7.85. The van der Waals surface area contributed by atoms with Gasteiger partial charge >= 0.3 is 0 Å². The second-order valence-electron chi connectivity index (χ2n) is 5.52. The van der Waals surface area contributed by atoms with E-state index in [9.17, 15) is 9.59 Å². The first kappa shape index (κ1) is 16.3. The molecule has 1 aromatic carbocycles. The average Bonchev–Trinajstić information content (AvgIpc) is 2.79. The lowest BCUT2D eigenvalue weighted by Gasteiger charge is -2.22. The summed E-state index contributed by atoms with van der Waals surface area (Å²) in [6.45, 7) is 6.49. The van der Waals surface area contributed by atoms with Gasteiger partial charge in [0.1, 0.15) is 5.75 Å². The van der Waals surface area contributed by atoms with Crippen molar-refractivity contribution in [1.82, 2.24) is 9.80 Å². The maximum absolute atomic E-state index is 12.3. The molecule has 1 saturated heterocycles. The van der Waals surface area contributed by atoms with Crippen LogP contribution in [0.1, 0.15) is 25.3 Å². The van der Waals surface area contributed by atoms with Crippen molar-refractivity contribution in [3.8, 4) is 5.75 Å². The molecule has 1 aromatic rings. The molecule has 0 aromatic heterocycles. The van der Waals surface area contributed by atoms with Crippen molar-refractivity contribution in [2.75, 3.05) is 32.8 Å². The minimum Gasteiger partial charge on any atom is -0.484 e. The Balaban J connectivity index is 1.85. The predicted molar refractivity (Wildman–Crippen MR) is 84.7 cm³/mol. The molecule has 0 saturated carbocycles. The van der Waals surface area contributed by atoms with Crippen molar-refractivity contribution < 1.29 is 14.3 Å². The SMILES string of the molecule is CCC(=O)N1CCCN(C(=O)COc2ccccc2C)CC1. The monoisotopic (exact) mass is 304 g/mol. The van der Waals surface area contributed by atoms with E-state index in [0.717, 1.165) is 24.3 Å². The van der Waals surface area contributed by atoms with Crippen molar-refractivity contribution in [2.45, 2.75) is 26.7 Å². The van der Waals surface area contributed by atoms with E-state index in [1.165, 1.54) is 0 Å². The molecule has 5 heteroatoms. The van der Waals surface area contributed by atoms with Crippen LogP contribution in [0.4, 0.5) is 0 Å². The van der Waals surface area contributed by atoms with Crippen LogP contribution in [-0.2, 0) is 9.59 Å². The molecular formula is C17H24N2O3. The Morgan fingerprint density at radius 1 is 1.05 bits per heavy atom. The van der Waals surface area contributed by atoms with Gasteiger partial charge in [-0.15, -0.1) is 0 Å². The van der Waals surface area contributed by atoms with Crippen LogP contribution in [0.2, 0.25) is 0 Å². The summed E-state index contributed by atoms with van der Waals surface area (Å²) >= 11 is 0. The Labute approximate surface area is 131 Å². The average molecular weight is 304 g/mol. The van der Waals surface area contributed by atoms with Crippen LogP contribution in [-0.4, -0.2) is 54.4 Å². The lowest BCUT2D eigenvalue weighted by atomic mass is 10.2. The number of carbonyl (C=O) groups is 2. The molecule has 1 heterocycles. The number of carbonyl (C=O) groups excluding carboxylic acids is 2. The lowest BCUT2D eigenvalue weighted by molar-refractivity contribution is -0.134. The number of aryl methyl sites for hydroxylation is 1. The minimum atomic E-state index is -0.0194. The van der Waals surface area contributed by atoms with Crippen molar-refractivity contribution in [1.29, 1.82) is 0 Å². The van der Waals surface area contributed by atoms with Gasteiger partial charge in [0.05, 0.1) is 0 Å². The fourth-order valence-corrected chi connectivity index (χ4v) is 2.59. The molecule has 5 nitrogen and oxygen atoms in total. The zero-order valence-corrected chi connectivity index (χ0v) is 13.4. The zero-order chi connectivity index (χ0) is 15.9. The molecule has 2 rings (SSSR count). The van der Waals surface area contributed by atoms with E-state index in [1.54, 1.807) is 4.90 Å². The molecule has 0 aliphatic carbocycles. The highest BCUT2D eigenvalue weighted by Crippen LogP contribution is 2.16. The first-order chi connectivity index (χ1) is 10.6. The Morgan fingerprint density at radius 2 is 1.68 bits per heavy atom. The maximum Gasteiger partial charge on any atom is 0.260 e. The second-order valence-corrected chi connectivity index (χ2v) is 5.52. The van der Waals surface area contributed by atoms with E-state index in [0.29, 0.717) is 26.1 Å². The number of benzene rings is 1. The fraction of sp³-hybridized carbons (Fsp3) is 0.529. The number of hydrogen-bond acceptors (Lipinski definition) is 3. The topological polar surface area (TPSA) is 49.9 Å². The summed E-state index contributed by atoms with van der Waals surface area (Å²) in [6, 6.07) is 7.66. The van der Waals surface area contributed by atoms with Gasteiger partial charge in [-0.1, -0.05) is 25.1 Å². The number of hydrogen-bond donors (Lipinski definition) is 0. The molecule has 1 fully saturated rings. The molecule has 0 atom stereocenters. The molecule has 1 aliphatic heterocycles. The Bertz CT molecular complexity index is 530. The molecule has 2 amide bonds. The summed E-state index contributed by atoms with van der Waals surface area (Å²) in [5, 5.41) is 0. The van der Waals surface area contributed by atoms with Crippen molar-refractivity contribution >= 4 is 11.8 Å². The molecular weight excluding hydrogens is 280 g/mol. The minimum absolute atomic E-state index is 0.0194. The van der Waals surface area contributed by atoms with Gasteiger partial charge in [-0.25, -0.2) is 0 Å². The van der Waals surface area contributed by atoms with Crippen LogP contribution < -0.4 is 4.74 Å². The van der Waals surface area contributed by atoms with Crippen LogP contribution in [0.25, 0.3) is 0 Å². The standard InChI is InChI=1S/C17H24N2O3/c1-3-16(20)18-9-6-10-19(12-11-18)17(21)13-22-15-8-5-4-7-14(15)2/h4-5,7-8H,3,6,9-13H2,1-2H3.